The predicted octanol–water partition coefficient (Wildman–Crippen LogP) is 0.193. The first-order valence-electron chi connectivity index (χ1n) is 6.64. The summed E-state index contributed by atoms with van der Waals surface area (Å²) in [4.78, 5) is 2.25. The maximum absolute atomic E-state index is 12.0. The first kappa shape index (κ1) is 15.2. The summed E-state index contributed by atoms with van der Waals surface area (Å²) in [6.45, 7) is 3.34. The Kier molecular flexibility index (Phi) is 4.64. The van der Waals surface area contributed by atoms with Gasteiger partial charge in [0.2, 0.25) is 0 Å². The average Bonchev–Trinajstić information content (AvgIpc) is 2.39. The van der Waals surface area contributed by atoms with Gasteiger partial charge in [0, 0.05) is 52.5 Å². The zero-order valence-corrected chi connectivity index (χ0v) is 12.8. The molecule has 1 aliphatic heterocycles. The molecule has 0 saturated carbocycles. The number of hydrogen-bond acceptors (Lipinski definition) is 4. The fraction of sp³-hybridized carbons (Fsp3) is 0.538. The lowest BCUT2D eigenvalue weighted by Crippen LogP contribution is -2.51. The van der Waals surface area contributed by atoms with Crippen molar-refractivity contribution in [3.05, 3.63) is 29.8 Å². The van der Waals surface area contributed by atoms with E-state index in [1.165, 1.54) is 8.61 Å². The van der Waals surface area contributed by atoms with Crippen molar-refractivity contribution in [3.8, 4) is 0 Å². The van der Waals surface area contributed by atoms with Gasteiger partial charge in [-0.05, 0) is 17.7 Å². The van der Waals surface area contributed by atoms with Crippen LogP contribution in [0.25, 0.3) is 0 Å². The molecular weight excluding hydrogens is 276 g/mol. The van der Waals surface area contributed by atoms with Crippen LogP contribution in [-0.4, -0.2) is 62.2 Å². The van der Waals surface area contributed by atoms with E-state index < -0.39 is 10.2 Å². The molecule has 2 rings (SSSR count). The molecule has 0 atom stereocenters. The van der Waals surface area contributed by atoms with Crippen molar-refractivity contribution in [3.63, 3.8) is 0 Å². The second kappa shape index (κ2) is 6.09. The fourth-order valence-electron chi connectivity index (χ4n) is 2.30. The Bertz CT molecular complexity index is 551. The van der Waals surface area contributed by atoms with Crippen molar-refractivity contribution in [1.82, 2.24) is 13.5 Å². The summed E-state index contributed by atoms with van der Waals surface area (Å²) in [6.07, 6.45) is 0. The zero-order chi connectivity index (χ0) is 14.8. The van der Waals surface area contributed by atoms with Gasteiger partial charge in [-0.3, -0.25) is 4.90 Å². The van der Waals surface area contributed by atoms with Crippen molar-refractivity contribution in [1.29, 1.82) is 0 Å². The normalized spacial score (nSPS) is 18.6. The molecule has 20 heavy (non-hydrogen) atoms. The molecule has 1 fully saturated rings. The number of anilines is 1. The summed E-state index contributed by atoms with van der Waals surface area (Å²) in [5, 5.41) is 0. The maximum atomic E-state index is 12.0. The Hall–Kier alpha value is -1.15. The minimum atomic E-state index is -3.28. The number of hydrogen-bond donors (Lipinski definition) is 1. The van der Waals surface area contributed by atoms with E-state index in [9.17, 15) is 8.42 Å². The number of benzene rings is 1. The Morgan fingerprint density at radius 3 is 2.40 bits per heavy atom. The molecule has 0 amide bonds. The first-order chi connectivity index (χ1) is 9.39. The Morgan fingerprint density at radius 2 is 1.85 bits per heavy atom. The number of rotatable bonds is 4. The molecule has 0 aromatic heterocycles. The molecule has 1 aromatic rings. The minimum Gasteiger partial charge on any atom is -0.399 e. The molecule has 1 aliphatic rings. The largest absolute Gasteiger partial charge is 0.399 e. The van der Waals surface area contributed by atoms with E-state index in [-0.39, 0.29) is 0 Å². The van der Waals surface area contributed by atoms with Crippen LogP contribution in [0.3, 0.4) is 0 Å². The van der Waals surface area contributed by atoms with Crippen LogP contribution in [0.1, 0.15) is 5.56 Å². The monoisotopic (exact) mass is 298 g/mol. The highest BCUT2D eigenvalue weighted by Gasteiger charge is 2.28. The average molecular weight is 298 g/mol. The smallest absolute Gasteiger partial charge is 0.281 e. The molecule has 7 heteroatoms. The lowest BCUT2D eigenvalue weighted by molar-refractivity contribution is 0.177. The van der Waals surface area contributed by atoms with E-state index in [2.05, 4.69) is 4.90 Å². The highest BCUT2D eigenvalue weighted by Crippen LogP contribution is 2.14. The van der Waals surface area contributed by atoms with Crippen molar-refractivity contribution < 1.29 is 8.42 Å². The Morgan fingerprint density at radius 1 is 1.20 bits per heavy atom. The SMILES string of the molecule is CN(C)S(=O)(=O)N1CCN(Cc2cccc(N)c2)CC1. The van der Waals surface area contributed by atoms with Gasteiger partial charge in [-0.25, -0.2) is 0 Å². The van der Waals surface area contributed by atoms with Crippen LogP contribution in [0.15, 0.2) is 24.3 Å². The number of nitrogen functional groups attached to an aromatic ring is 1. The van der Waals surface area contributed by atoms with Gasteiger partial charge in [-0.15, -0.1) is 0 Å². The topological polar surface area (TPSA) is 69.9 Å². The highest BCUT2D eigenvalue weighted by atomic mass is 32.2. The third kappa shape index (κ3) is 3.49. The number of piperazine rings is 1. The van der Waals surface area contributed by atoms with Gasteiger partial charge in [0.25, 0.3) is 10.2 Å². The fourth-order valence-corrected chi connectivity index (χ4v) is 3.39. The molecule has 0 bridgehead atoms. The van der Waals surface area contributed by atoms with Gasteiger partial charge in [-0.1, -0.05) is 12.1 Å². The summed E-state index contributed by atoms with van der Waals surface area (Å²) in [7, 11) is -0.155. The second-order valence-corrected chi connectivity index (χ2v) is 7.35. The lowest BCUT2D eigenvalue weighted by atomic mass is 10.2. The Balaban J connectivity index is 1.92. The number of nitrogens with zero attached hydrogens (tertiary/aromatic N) is 3. The highest BCUT2D eigenvalue weighted by molar-refractivity contribution is 7.86. The van der Waals surface area contributed by atoms with E-state index in [0.29, 0.717) is 13.1 Å². The molecule has 0 radical (unpaired) electrons. The van der Waals surface area contributed by atoms with Gasteiger partial charge in [0.05, 0.1) is 0 Å². The Labute approximate surface area is 120 Å². The third-order valence-electron chi connectivity index (χ3n) is 3.48. The predicted molar refractivity (Wildman–Crippen MR) is 80.3 cm³/mol. The van der Waals surface area contributed by atoms with Gasteiger partial charge in [0.1, 0.15) is 0 Å². The standard InChI is InChI=1S/C13H22N4O2S/c1-15(2)20(18,19)17-8-6-16(7-9-17)11-12-4-3-5-13(14)10-12/h3-5,10H,6-9,11,14H2,1-2H3. The van der Waals surface area contributed by atoms with E-state index in [4.69, 9.17) is 5.73 Å². The van der Waals surface area contributed by atoms with Crippen molar-refractivity contribution in [2.45, 2.75) is 6.54 Å². The van der Waals surface area contributed by atoms with Crippen LogP contribution in [0, 0.1) is 0 Å². The summed E-state index contributed by atoms with van der Waals surface area (Å²) >= 11 is 0. The summed E-state index contributed by atoms with van der Waals surface area (Å²) < 4.78 is 26.8. The number of nitrogens with two attached hydrogens (primary N) is 1. The van der Waals surface area contributed by atoms with Crippen molar-refractivity contribution in [2.24, 2.45) is 0 Å². The molecule has 1 heterocycles. The van der Waals surface area contributed by atoms with Gasteiger partial charge in [-0.2, -0.15) is 17.0 Å². The van der Waals surface area contributed by atoms with E-state index in [1.807, 2.05) is 24.3 Å². The molecular formula is C13H22N4O2S. The molecule has 1 aromatic carbocycles. The maximum Gasteiger partial charge on any atom is 0.281 e. The third-order valence-corrected chi connectivity index (χ3v) is 5.42. The minimum absolute atomic E-state index is 0.531. The summed E-state index contributed by atoms with van der Waals surface area (Å²) in [5.74, 6) is 0. The van der Waals surface area contributed by atoms with Gasteiger partial charge >= 0.3 is 0 Å². The molecule has 0 spiro atoms. The lowest BCUT2D eigenvalue weighted by Gasteiger charge is -2.35. The van der Waals surface area contributed by atoms with E-state index >= 15 is 0 Å². The van der Waals surface area contributed by atoms with Crippen molar-refractivity contribution in [2.75, 3.05) is 46.0 Å². The first-order valence-corrected chi connectivity index (χ1v) is 8.03. The second-order valence-electron chi connectivity index (χ2n) is 5.21. The van der Waals surface area contributed by atoms with Crippen LogP contribution >= 0.6 is 0 Å². The van der Waals surface area contributed by atoms with Crippen LogP contribution < -0.4 is 5.73 Å². The molecule has 0 aliphatic carbocycles. The molecule has 2 N–H and O–H groups in total. The van der Waals surface area contributed by atoms with E-state index in [0.717, 1.165) is 30.9 Å². The van der Waals surface area contributed by atoms with Crippen LogP contribution in [0.5, 0.6) is 0 Å². The van der Waals surface area contributed by atoms with E-state index in [1.54, 1.807) is 14.1 Å². The summed E-state index contributed by atoms with van der Waals surface area (Å²) in [6, 6.07) is 7.81. The van der Waals surface area contributed by atoms with Crippen LogP contribution in [0.4, 0.5) is 5.69 Å². The molecule has 6 nitrogen and oxygen atoms in total. The van der Waals surface area contributed by atoms with Crippen LogP contribution in [-0.2, 0) is 16.8 Å². The quantitative estimate of drug-likeness (QED) is 0.806. The van der Waals surface area contributed by atoms with Crippen molar-refractivity contribution >= 4 is 15.9 Å². The molecule has 1 saturated heterocycles. The molecule has 112 valence electrons. The van der Waals surface area contributed by atoms with Gasteiger partial charge < -0.3 is 5.73 Å². The zero-order valence-electron chi connectivity index (χ0n) is 12.0. The van der Waals surface area contributed by atoms with Crippen LogP contribution in [0.2, 0.25) is 0 Å². The summed E-state index contributed by atoms with van der Waals surface area (Å²) in [5.41, 5.74) is 7.69. The van der Waals surface area contributed by atoms with Gasteiger partial charge in [0.15, 0.2) is 0 Å². The molecule has 0 unspecified atom stereocenters.